The summed E-state index contributed by atoms with van der Waals surface area (Å²) < 4.78 is 0. The number of nitrogens with zero attached hydrogens (tertiary/aromatic N) is 1. The first kappa shape index (κ1) is 32.2. The first-order chi connectivity index (χ1) is 16.1. The minimum Gasteiger partial charge on any atom is -0.481 e. The van der Waals surface area contributed by atoms with E-state index >= 15 is 0 Å². The summed E-state index contributed by atoms with van der Waals surface area (Å²) in [6.45, 7) is 3.55. The Hall–Kier alpha value is -0.830. The van der Waals surface area contributed by atoms with Crippen molar-refractivity contribution in [1.29, 1.82) is 0 Å². The maximum atomic E-state index is 10.5. The van der Waals surface area contributed by atoms with Crippen LogP contribution in [-0.4, -0.2) is 36.6 Å². The van der Waals surface area contributed by atoms with Crippen molar-refractivity contribution in [3.05, 3.63) is 12.2 Å². The van der Waals surface area contributed by atoms with E-state index < -0.39 is 5.97 Å². The van der Waals surface area contributed by atoms with Gasteiger partial charge in [-0.25, -0.2) is 0 Å². The van der Waals surface area contributed by atoms with Crippen molar-refractivity contribution in [3.8, 4) is 0 Å². The fourth-order valence-corrected chi connectivity index (χ4v) is 4.62. The van der Waals surface area contributed by atoms with Crippen LogP contribution in [0.15, 0.2) is 12.2 Å². The normalized spacial score (nSPS) is 12.7. The van der Waals surface area contributed by atoms with Crippen LogP contribution in [0.5, 0.6) is 0 Å². The number of aliphatic carboxylic acids is 1. The molecule has 3 nitrogen and oxygen atoms in total. The molecule has 1 N–H and O–H groups in total. The average Bonchev–Trinajstić information content (AvgIpc) is 2.78. The highest BCUT2D eigenvalue weighted by Crippen LogP contribution is 2.22. The first-order valence-electron chi connectivity index (χ1n) is 14.6. The highest BCUT2D eigenvalue weighted by molar-refractivity contribution is 5.66. The predicted molar refractivity (Wildman–Crippen MR) is 146 cm³/mol. The Bertz CT molecular complexity index is 433. The van der Waals surface area contributed by atoms with Crippen molar-refractivity contribution >= 4 is 5.97 Å². The maximum absolute atomic E-state index is 10.5. The molecule has 0 aliphatic heterocycles. The smallest absolute Gasteiger partial charge is 0.303 e. The molecular formula is C30H59NO2. The monoisotopic (exact) mass is 465 g/mol. The molecule has 0 radical (unpaired) electrons. The summed E-state index contributed by atoms with van der Waals surface area (Å²) in [5, 5.41) is 8.62. The topological polar surface area (TPSA) is 40.5 Å². The van der Waals surface area contributed by atoms with Crippen LogP contribution < -0.4 is 0 Å². The van der Waals surface area contributed by atoms with E-state index in [-0.39, 0.29) is 0 Å². The summed E-state index contributed by atoms with van der Waals surface area (Å²) in [5.41, 5.74) is 0. The average molecular weight is 466 g/mol. The van der Waals surface area contributed by atoms with Crippen LogP contribution in [-0.2, 0) is 4.79 Å². The summed E-state index contributed by atoms with van der Waals surface area (Å²) >= 11 is 0. The van der Waals surface area contributed by atoms with Gasteiger partial charge < -0.3 is 10.0 Å². The Morgan fingerprint density at radius 3 is 1.61 bits per heavy atom. The number of rotatable bonds is 26. The van der Waals surface area contributed by atoms with Crippen LogP contribution in [0.2, 0.25) is 0 Å². The fraction of sp³-hybridized carbons (Fsp3) is 0.900. The van der Waals surface area contributed by atoms with Crippen molar-refractivity contribution < 1.29 is 9.90 Å². The van der Waals surface area contributed by atoms with E-state index in [0.717, 1.165) is 18.8 Å². The molecule has 196 valence electrons. The molecule has 1 unspecified atom stereocenters. The number of carboxylic acids is 1. The van der Waals surface area contributed by atoms with Gasteiger partial charge in [0.2, 0.25) is 0 Å². The quantitative estimate of drug-likeness (QED) is 0.102. The van der Waals surface area contributed by atoms with Crippen LogP contribution in [0.1, 0.15) is 148 Å². The minimum atomic E-state index is -0.661. The van der Waals surface area contributed by atoms with E-state index in [2.05, 4.69) is 38.1 Å². The Labute approximate surface area is 207 Å². The molecule has 1 atom stereocenters. The van der Waals surface area contributed by atoms with Gasteiger partial charge in [-0.15, -0.1) is 0 Å². The molecule has 0 rings (SSSR count). The van der Waals surface area contributed by atoms with E-state index in [1.54, 1.807) is 0 Å². The van der Waals surface area contributed by atoms with Crippen LogP contribution in [0.4, 0.5) is 0 Å². The molecule has 0 aromatic carbocycles. The van der Waals surface area contributed by atoms with Gasteiger partial charge in [0.25, 0.3) is 0 Å². The van der Waals surface area contributed by atoms with Gasteiger partial charge in [-0.3, -0.25) is 4.79 Å². The third-order valence-corrected chi connectivity index (χ3v) is 6.86. The molecule has 0 bridgehead atoms. The van der Waals surface area contributed by atoms with E-state index in [9.17, 15) is 4.79 Å². The molecule has 0 saturated carbocycles. The summed E-state index contributed by atoms with van der Waals surface area (Å²) in [6, 6.07) is 0. The third kappa shape index (κ3) is 27.3. The number of hydrogen-bond acceptors (Lipinski definition) is 2. The third-order valence-electron chi connectivity index (χ3n) is 6.86. The van der Waals surface area contributed by atoms with E-state index in [0.29, 0.717) is 6.42 Å². The van der Waals surface area contributed by atoms with Gasteiger partial charge in [-0.1, -0.05) is 115 Å². The van der Waals surface area contributed by atoms with Crippen molar-refractivity contribution in [3.63, 3.8) is 0 Å². The zero-order valence-electron chi connectivity index (χ0n) is 22.8. The molecular weight excluding hydrogens is 406 g/mol. The van der Waals surface area contributed by atoms with E-state index in [4.69, 9.17) is 5.11 Å². The largest absolute Gasteiger partial charge is 0.481 e. The van der Waals surface area contributed by atoms with Gasteiger partial charge in [0.15, 0.2) is 0 Å². The second kappa shape index (κ2) is 25.8. The predicted octanol–water partition coefficient (Wildman–Crippen LogP) is 9.41. The number of unbranched alkanes of at least 4 members (excludes halogenated alkanes) is 15. The molecule has 0 aromatic rings. The van der Waals surface area contributed by atoms with E-state index in [1.165, 1.54) is 129 Å². The second-order valence-corrected chi connectivity index (χ2v) is 10.5. The summed E-state index contributed by atoms with van der Waals surface area (Å²) in [7, 11) is 4.42. The van der Waals surface area contributed by atoms with Crippen molar-refractivity contribution in [2.24, 2.45) is 5.92 Å². The van der Waals surface area contributed by atoms with Gasteiger partial charge in [0.1, 0.15) is 0 Å². The summed E-state index contributed by atoms with van der Waals surface area (Å²) in [5.74, 6) is 0.287. The number of allylic oxidation sites excluding steroid dienone is 2. The number of carboxylic acid groups (broad SMARTS) is 1. The van der Waals surface area contributed by atoms with Gasteiger partial charge in [-0.2, -0.15) is 0 Å². The molecule has 0 aliphatic carbocycles. The molecule has 0 spiro atoms. The molecule has 0 aliphatic rings. The summed E-state index contributed by atoms with van der Waals surface area (Å²) in [4.78, 5) is 12.8. The van der Waals surface area contributed by atoms with E-state index in [1.807, 2.05) is 0 Å². The van der Waals surface area contributed by atoms with Crippen LogP contribution in [0, 0.1) is 5.92 Å². The highest BCUT2D eigenvalue weighted by atomic mass is 16.4. The SMILES string of the molecule is CCCCCCCC(CCCCCCCC/C=C\CCCCCCCC(=O)O)CCN(C)C. The standard InChI is InChI=1S/C30H59NO2/c1-4-5-6-18-21-24-29(27-28-31(2)3)25-22-19-16-14-12-10-8-7-9-11-13-15-17-20-23-26-30(32)33/h7,9,29H,4-6,8,10-28H2,1-3H3,(H,32,33)/b9-7-. The zero-order valence-corrected chi connectivity index (χ0v) is 22.8. The van der Waals surface area contributed by atoms with Crippen LogP contribution >= 0.6 is 0 Å². The lowest BCUT2D eigenvalue weighted by Gasteiger charge is -2.19. The summed E-state index contributed by atoms with van der Waals surface area (Å²) in [6.07, 6.45) is 32.8. The lowest BCUT2D eigenvalue weighted by molar-refractivity contribution is -0.137. The van der Waals surface area contributed by atoms with Crippen LogP contribution in [0.3, 0.4) is 0 Å². The Morgan fingerprint density at radius 2 is 1.12 bits per heavy atom. The lowest BCUT2D eigenvalue weighted by Crippen LogP contribution is -2.17. The maximum Gasteiger partial charge on any atom is 0.303 e. The Balaban J connectivity index is 3.53. The molecule has 0 heterocycles. The van der Waals surface area contributed by atoms with Gasteiger partial charge in [0, 0.05) is 6.42 Å². The van der Waals surface area contributed by atoms with Crippen molar-refractivity contribution in [2.75, 3.05) is 20.6 Å². The van der Waals surface area contributed by atoms with Gasteiger partial charge >= 0.3 is 5.97 Å². The fourth-order valence-electron chi connectivity index (χ4n) is 4.62. The Kier molecular flexibility index (Phi) is 25.1. The van der Waals surface area contributed by atoms with Crippen molar-refractivity contribution in [1.82, 2.24) is 4.90 Å². The molecule has 0 amide bonds. The second-order valence-electron chi connectivity index (χ2n) is 10.5. The molecule has 33 heavy (non-hydrogen) atoms. The zero-order chi connectivity index (χ0) is 24.4. The van der Waals surface area contributed by atoms with Crippen molar-refractivity contribution in [2.45, 2.75) is 148 Å². The molecule has 0 aromatic heterocycles. The first-order valence-corrected chi connectivity index (χ1v) is 14.6. The van der Waals surface area contributed by atoms with Gasteiger partial charge in [-0.05, 0) is 65.1 Å². The molecule has 0 fully saturated rings. The molecule has 0 saturated heterocycles. The molecule has 3 heteroatoms. The number of hydrogen-bond donors (Lipinski definition) is 1. The Morgan fingerprint density at radius 1 is 0.667 bits per heavy atom. The number of carbonyl (C=O) groups is 1. The van der Waals surface area contributed by atoms with Crippen LogP contribution in [0.25, 0.3) is 0 Å². The van der Waals surface area contributed by atoms with Gasteiger partial charge in [0.05, 0.1) is 0 Å². The lowest BCUT2D eigenvalue weighted by atomic mass is 9.91. The highest BCUT2D eigenvalue weighted by Gasteiger charge is 2.09. The minimum absolute atomic E-state index is 0.330.